The minimum atomic E-state index is 0.421. The summed E-state index contributed by atoms with van der Waals surface area (Å²) < 4.78 is 11.1. The third-order valence-corrected chi connectivity index (χ3v) is 5.75. The predicted molar refractivity (Wildman–Crippen MR) is 100.0 cm³/mol. The second-order valence-corrected chi connectivity index (χ2v) is 8.00. The van der Waals surface area contributed by atoms with Crippen LogP contribution in [0.3, 0.4) is 0 Å². The lowest BCUT2D eigenvalue weighted by Gasteiger charge is -2.34. The van der Waals surface area contributed by atoms with E-state index >= 15 is 0 Å². The van der Waals surface area contributed by atoms with Crippen molar-refractivity contribution in [3.63, 3.8) is 0 Å². The molecule has 0 aromatic heterocycles. The van der Waals surface area contributed by atoms with Crippen LogP contribution in [0.15, 0.2) is 0 Å². The Hall–Kier alpha value is -0.0800. The van der Waals surface area contributed by atoms with E-state index in [9.17, 15) is 0 Å². The molecule has 0 radical (unpaired) electrons. The molecule has 0 spiro atoms. The van der Waals surface area contributed by atoms with E-state index in [1.807, 2.05) is 7.11 Å². The number of rotatable bonds is 16. The third kappa shape index (κ3) is 9.72. The number of methoxy groups -OCH3 is 1. The van der Waals surface area contributed by atoms with Gasteiger partial charge in [0.25, 0.3) is 0 Å². The molecule has 0 aliphatic carbocycles. The second-order valence-electron chi connectivity index (χ2n) is 8.00. The van der Waals surface area contributed by atoms with Crippen LogP contribution in [0.4, 0.5) is 0 Å². The van der Waals surface area contributed by atoms with Gasteiger partial charge in [-0.1, -0.05) is 72.1 Å². The van der Waals surface area contributed by atoms with Crippen molar-refractivity contribution in [1.82, 2.24) is 0 Å². The molecule has 1 fully saturated rings. The van der Waals surface area contributed by atoms with Gasteiger partial charge in [0.05, 0.1) is 19.3 Å². The van der Waals surface area contributed by atoms with Gasteiger partial charge in [0.2, 0.25) is 0 Å². The van der Waals surface area contributed by atoms with Crippen molar-refractivity contribution in [3.05, 3.63) is 0 Å². The Morgan fingerprint density at radius 2 is 1.74 bits per heavy atom. The molecule has 2 nitrogen and oxygen atoms in total. The lowest BCUT2D eigenvalue weighted by Crippen LogP contribution is -2.27. The molecule has 0 bridgehead atoms. The van der Waals surface area contributed by atoms with Crippen LogP contribution in [0.25, 0.3) is 0 Å². The highest BCUT2D eigenvalue weighted by Gasteiger charge is 2.30. The summed E-state index contributed by atoms with van der Waals surface area (Å²) in [4.78, 5) is 0. The van der Waals surface area contributed by atoms with Gasteiger partial charge in [0.15, 0.2) is 0 Å². The number of epoxide rings is 1. The normalized spacial score (nSPS) is 21.1. The molecule has 138 valence electrons. The topological polar surface area (TPSA) is 21.8 Å². The quantitative estimate of drug-likeness (QED) is 0.243. The maximum atomic E-state index is 5.69. The number of unbranched alkanes of at least 4 members (excludes halogenated alkanes) is 3. The zero-order chi connectivity index (χ0) is 17.0. The van der Waals surface area contributed by atoms with Crippen molar-refractivity contribution in [2.45, 2.75) is 104 Å². The molecular weight excluding hydrogens is 284 g/mol. The molecule has 2 heteroatoms. The number of hydrogen-bond donors (Lipinski definition) is 0. The predicted octanol–water partition coefficient (Wildman–Crippen LogP) is 6.38. The first kappa shape index (κ1) is 21.0. The van der Waals surface area contributed by atoms with Crippen molar-refractivity contribution < 1.29 is 9.47 Å². The fourth-order valence-corrected chi connectivity index (χ4v) is 3.79. The molecule has 0 N–H and O–H groups in total. The highest BCUT2D eigenvalue weighted by Crippen LogP contribution is 2.38. The van der Waals surface area contributed by atoms with E-state index in [1.54, 1.807) is 0 Å². The summed E-state index contributed by atoms with van der Waals surface area (Å²) in [6, 6.07) is 0. The van der Waals surface area contributed by atoms with Gasteiger partial charge >= 0.3 is 0 Å². The molecule has 1 heterocycles. The van der Waals surface area contributed by atoms with Crippen LogP contribution >= 0.6 is 0 Å². The van der Waals surface area contributed by atoms with Crippen LogP contribution in [-0.4, -0.2) is 26.4 Å². The minimum Gasteiger partial charge on any atom is -0.384 e. The summed E-state index contributed by atoms with van der Waals surface area (Å²) >= 11 is 0. The summed E-state index contributed by atoms with van der Waals surface area (Å²) in [5.41, 5.74) is 0.421. The molecule has 0 aromatic rings. The van der Waals surface area contributed by atoms with Gasteiger partial charge in [-0.3, -0.25) is 0 Å². The van der Waals surface area contributed by atoms with Crippen LogP contribution in [0.2, 0.25) is 0 Å². The van der Waals surface area contributed by atoms with Gasteiger partial charge in [0.1, 0.15) is 0 Å². The second kappa shape index (κ2) is 12.3. The Morgan fingerprint density at radius 3 is 2.35 bits per heavy atom. The van der Waals surface area contributed by atoms with E-state index in [1.165, 1.54) is 77.0 Å². The van der Waals surface area contributed by atoms with Crippen molar-refractivity contribution in [3.8, 4) is 0 Å². The van der Waals surface area contributed by atoms with E-state index in [-0.39, 0.29) is 0 Å². The van der Waals surface area contributed by atoms with Crippen LogP contribution in [0, 0.1) is 11.3 Å². The largest absolute Gasteiger partial charge is 0.384 e. The fraction of sp³-hybridized carbons (Fsp3) is 1.00. The highest BCUT2D eigenvalue weighted by atomic mass is 16.6. The highest BCUT2D eigenvalue weighted by molar-refractivity contribution is 4.81. The molecule has 2 unspecified atom stereocenters. The van der Waals surface area contributed by atoms with E-state index in [0.717, 1.165) is 19.1 Å². The summed E-state index contributed by atoms with van der Waals surface area (Å²) in [5, 5.41) is 0. The summed E-state index contributed by atoms with van der Waals surface area (Å²) in [5.74, 6) is 0.871. The molecule has 1 aliphatic rings. The molecule has 3 atom stereocenters. The Bertz CT molecular complexity index is 275. The molecule has 1 saturated heterocycles. The molecule has 1 rings (SSSR count). The molecule has 23 heavy (non-hydrogen) atoms. The van der Waals surface area contributed by atoms with E-state index in [4.69, 9.17) is 9.47 Å². The average Bonchev–Trinajstić information content (AvgIpc) is 3.36. The van der Waals surface area contributed by atoms with Crippen molar-refractivity contribution in [2.24, 2.45) is 11.3 Å². The Kier molecular flexibility index (Phi) is 11.2. The summed E-state index contributed by atoms with van der Waals surface area (Å²) in [7, 11) is 1.89. The zero-order valence-electron chi connectivity index (χ0n) is 16.4. The SMILES string of the molecule is CCCCCCC(CCCC1CO1)(CCC[C@@H](C)CC)COC. The first-order chi connectivity index (χ1) is 11.2. The van der Waals surface area contributed by atoms with Crippen molar-refractivity contribution in [2.75, 3.05) is 20.3 Å². The average molecular weight is 327 g/mol. The van der Waals surface area contributed by atoms with E-state index in [2.05, 4.69) is 20.8 Å². The molecule has 0 amide bonds. The third-order valence-electron chi connectivity index (χ3n) is 5.75. The van der Waals surface area contributed by atoms with Crippen LogP contribution in [-0.2, 0) is 9.47 Å². The smallest absolute Gasteiger partial charge is 0.0810 e. The standard InChI is InChI=1S/C21H42O2/c1-5-7-8-9-14-21(18-22-4,15-10-12-19(3)6-2)16-11-13-20-17-23-20/h19-20H,5-18H2,1-4H3/t19-,20?,21?/m0/s1. The van der Waals surface area contributed by atoms with E-state index in [0.29, 0.717) is 11.5 Å². The minimum absolute atomic E-state index is 0.421. The zero-order valence-corrected chi connectivity index (χ0v) is 16.4. The monoisotopic (exact) mass is 326 g/mol. The first-order valence-electron chi connectivity index (χ1n) is 10.3. The maximum Gasteiger partial charge on any atom is 0.0810 e. The number of ether oxygens (including phenoxy) is 2. The Morgan fingerprint density at radius 1 is 1.04 bits per heavy atom. The fourth-order valence-electron chi connectivity index (χ4n) is 3.79. The van der Waals surface area contributed by atoms with Gasteiger partial charge in [-0.15, -0.1) is 0 Å². The Labute approximate surface area is 145 Å². The van der Waals surface area contributed by atoms with Crippen LogP contribution < -0.4 is 0 Å². The van der Waals surface area contributed by atoms with Crippen molar-refractivity contribution >= 4 is 0 Å². The molecule has 0 saturated carbocycles. The van der Waals surface area contributed by atoms with Gasteiger partial charge in [-0.25, -0.2) is 0 Å². The molecule has 0 aromatic carbocycles. The summed E-state index contributed by atoms with van der Waals surface area (Å²) in [6.45, 7) is 8.95. The van der Waals surface area contributed by atoms with Gasteiger partial charge in [-0.2, -0.15) is 0 Å². The lowest BCUT2D eigenvalue weighted by molar-refractivity contribution is 0.0501. The number of hydrogen-bond acceptors (Lipinski definition) is 2. The van der Waals surface area contributed by atoms with Crippen LogP contribution in [0.5, 0.6) is 0 Å². The first-order valence-corrected chi connectivity index (χ1v) is 10.3. The van der Waals surface area contributed by atoms with E-state index < -0.39 is 0 Å². The maximum absolute atomic E-state index is 5.69. The van der Waals surface area contributed by atoms with Crippen molar-refractivity contribution in [1.29, 1.82) is 0 Å². The van der Waals surface area contributed by atoms with Crippen LogP contribution in [0.1, 0.15) is 97.8 Å². The van der Waals surface area contributed by atoms with Gasteiger partial charge in [-0.05, 0) is 37.0 Å². The van der Waals surface area contributed by atoms with Gasteiger partial charge < -0.3 is 9.47 Å². The lowest BCUT2D eigenvalue weighted by atomic mass is 9.74. The molecule has 1 aliphatic heterocycles. The summed E-state index contributed by atoms with van der Waals surface area (Å²) in [6.07, 6.45) is 16.7. The Balaban J connectivity index is 2.46. The van der Waals surface area contributed by atoms with Gasteiger partial charge in [0, 0.05) is 7.11 Å². The molecular formula is C21H42O2.